The lowest BCUT2D eigenvalue weighted by Gasteiger charge is -2.17. The van der Waals surface area contributed by atoms with E-state index in [1.54, 1.807) is 25.4 Å². The second-order valence-electron chi connectivity index (χ2n) is 4.22. The van der Waals surface area contributed by atoms with Crippen molar-refractivity contribution in [2.45, 2.75) is 12.5 Å². The lowest BCUT2D eigenvalue weighted by molar-refractivity contribution is 0.546. The maximum absolute atomic E-state index is 13.7. The molecule has 0 saturated heterocycles. The van der Waals surface area contributed by atoms with E-state index in [0.717, 1.165) is 10.7 Å². The summed E-state index contributed by atoms with van der Waals surface area (Å²) in [5.74, 6) is -0.666. The van der Waals surface area contributed by atoms with Gasteiger partial charge in [-0.15, -0.1) is 0 Å². The molecule has 0 aliphatic heterocycles. The zero-order valence-corrected chi connectivity index (χ0v) is 11.9. The van der Waals surface area contributed by atoms with Crippen LogP contribution in [0.2, 0.25) is 0 Å². The van der Waals surface area contributed by atoms with Crippen LogP contribution in [-0.2, 0) is 6.42 Å². The van der Waals surface area contributed by atoms with E-state index in [4.69, 9.17) is 0 Å². The molecule has 0 amide bonds. The number of nitrogens with one attached hydrogen (secondary N) is 1. The number of rotatable bonds is 4. The molecule has 0 spiro atoms. The molecule has 2 nitrogen and oxygen atoms in total. The number of aromatic nitrogens is 1. The van der Waals surface area contributed by atoms with Crippen molar-refractivity contribution in [2.75, 3.05) is 7.05 Å². The third-order valence-corrected chi connectivity index (χ3v) is 3.40. The van der Waals surface area contributed by atoms with Crippen LogP contribution in [0.3, 0.4) is 0 Å². The first-order chi connectivity index (χ1) is 9.10. The van der Waals surface area contributed by atoms with Crippen molar-refractivity contribution in [2.24, 2.45) is 0 Å². The van der Waals surface area contributed by atoms with E-state index < -0.39 is 5.82 Å². The number of hydrogen-bond donors (Lipinski definition) is 1. The molecular formula is C14H13BrF2N2. The van der Waals surface area contributed by atoms with E-state index in [1.807, 2.05) is 0 Å². The van der Waals surface area contributed by atoms with E-state index in [1.165, 1.54) is 12.1 Å². The molecule has 0 bridgehead atoms. The summed E-state index contributed by atoms with van der Waals surface area (Å²) in [6.45, 7) is 0. The zero-order chi connectivity index (χ0) is 13.8. The van der Waals surface area contributed by atoms with Crippen molar-refractivity contribution in [1.82, 2.24) is 10.3 Å². The van der Waals surface area contributed by atoms with Gasteiger partial charge in [0, 0.05) is 16.7 Å². The van der Waals surface area contributed by atoms with E-state index in [9.17, 15) is 8.78 Å². The Balaban J connectivity index is 2.26. The summed E-state index contributed by atoms with van der Waals surface area (Å²) < 4.78 is 27.7. The topological polar surface area (TPSA) is 24.9 Å². The number of hydrogen-bond acceptors (Lipinski definition) is 2. The van der Waals surface area contributed by atoms with Gasteiger partial charge in [0.2, 0.25) is 0 Å². The molecule has 19 heavy (non-hydrogen) atoms. The number of halogens is 3. The maximum Gasteiger partial charge on any atom is 0.141 e. The molecule has 1 N–H and O–H groups in total. The SMILES string of the molecule is CNC(Cc1cc(Br)ccc1F)c1cncc(F)c1. The number of nitrogens with zero attached hydrogens (tertiary/aromatic N) is 1. The quantitative estimate of drug-likeness (QED) is 0.928. The third kappa shape index (κ3) is 3.58. The van der Waals surface area contributed by atoms with Crippen molar-refractivity contribution in [3.63, 3.8) is 0 Å². The van der Waals surface area contributed by atoms with E-state index in [0.29, 0.717) is 17.5 Å². The van der Waals surface area contributed by atoms with Gasteiger partial charge in [0.25, 0.3) is 0 Å². The summed E-state index contributed by atoms with van der Waals surface area (Å²) >= 11 is 3.32. The van der Waals surface area contributed by atoms with Crippen LogP contribution < -0.4 is 5.32 Å². The Hall–Kier alpha value is -1.33. The minimum atomic E-state index is -0.396. The van der Waals surface area contributed by atoms with Crippen molar-refractivity contribution < 1.29 is 8.78 Å². The van der Waals surface area contributed by atoms with Gasteiger partial charge in [0.05, 0.1) is 6.20 Å². The van der Waals surface area contributed by atoms with Gasteiger partial charge in [0.15, 0.2) is 0 Å². The van der Waals surface area contributed by atoms with Gasteiger partial charge in [-0.3, -0.25) is 4.98 Å². The van der Waals surface area contributed by atoms with Gasteiger partial charge in [-0.05, 0) is 48.9 Å². The normalized spacial score (nSPS) is 12.4. The predicted octanol–water partition coefficient (Wildman–Crippen LogP) is 3.63. The molecular weight excluding hydrogens is 314 g/mol. The van der Waals surface area contributed by atoms with Gasteiger partial charge in [-0.2, -0.15) is 0 Å². The second kappa shape index (κ2) is 6.21. The van der Waals surface area contributed by atoms with Gasteiger partial charge >= 0.3 is 0 Å². The minimum absolute atomic E-state index is 0.188. The van der Waals surface area contributed by atoms with E-state index in [2.05, 4.69) is 26.2 Å². The first-order valence-corrected chi connectivity index (χ1v) is 6.61. The third-order valence-electron chi connectivity index (χ3n) is 2.91. The van der Waals surface area contributed by atoms with E-state index >= 15 is 0 Å². The summed E-state index contributed by atoms with van der Waals surface area (Å²) in [5, 5.41) is 3.05. The first-order valence-electron chi connectivity index (χ1n) is 5.82. The molecule has 2 aromatic rings. The molecule has 0 aliphatic carbocycles. The molecule has 0 fully saturated rings. The van der Waals surface area contributed by atoms with Gasteiger partial charge in [-0.1, -0.05) is 15.9 Å². The second-order valence-corrected chi connectivity index (χ2v) is 5.13. The monoisotopic (exact) mass is 326 g/mol. The highest BCUT2D eigenvalue weighted by Gasteiger charge is 2.14. The van der Waals surface area contributed by atoms with Gasteiger partial charge < -0.3 is 5.32 Å². The van der Waals surface area contributed by atoms with Gasteiger partial charge in [-0.25, -0.2) is 8.78 Å². The van der Waals surface area contributed by atoms with Crippen molar-refractivity contribution in [3.8, 4) is 0 Å². The summed E-state index contributed by atoms with van der Waals surface area (Å²) in [6.07, 6.45) is 3.16. The van der Waals surface area contributed by atoms with Crippen LogP contribution in [0.15, 0.2) is 41.1 Å². The predicted molar refractivity (Wildman–Crippen MR) is 73.8 cm³/mol. The van der Waals surface area contributed by atoms with Crippen LogP contribution >= 0.6 is 15.9 Å². The number of likely N-dealkylation sites (N-methyl/N-ethyl adjacent to an activating group) is 1. The fraction of sp³-hybridized carbons (Fsp3) is 0.214. The van der Waals surface area contributed by atoms with Crippen LogP contribution in [0.25, 0.3) is 0 Å². The average molecular weight is 327 g/mol. The van der Waals surface area contributed by atoms with Crippen LogP contribution in [-0.4, -0.2) is 12.0 Å². The molecule has 5 heteroatoms. The zero-order valence-electron chi connectivity index (χ0n) is 10.3. The van der Waals surface area contributed by atoms with E-state index in [-0.39, 0.29) is 11.9 Å². The molecule has 2 rings (SSSR count). The van der Waals surface area contributed by atoms with Crippen LogP contribution in [0.5, 0.6) is 0 Å². The molecule has 1 heterocycles. The molecule has 100 valence electrons. The highest BCUT2D eigenvalue weighted by atomic mass is 79.9. The lowest BCUT2D eigenvalue weighted by atomic mass is 10.00. The summed E-state index contributed by atoms with van der Waals surface area (Å²) in [6, 6.07) is 6.01. The Labute approximate surface area is 119 Å². The molecule has 0 saturated carbocycles. The lowest BCUT2D eigenvalue weighted by Crippen LogP contribution is -2.19. The summed E-state index contributed by atoms with van der Waals surface area (Å²) in [5.41, 5.74) is 1.26. The van der Waals surface area contributed by atoms with Crippen LogP contribution in [0.1, 0.15) is 17.2 Å². The smallest absolute Gasteiger partial charge is 0.141 e. The molecule has 1 aromatic heterocycles. The summed E-state index contributed by atoms with van der Waals surface area (Å²) in [4.78, 5) is 3.82. The average Bonchev–Trinajstić information content (AvgIpc) is 2.39. The molecule has 1 atom stereocenters. The standard InChI is InChI=1S/C14H13BrF2N2/c1-18-14(10-5-12(16)8-19-7-10)6-9-4-11(15)2-3-13(9)17/h2-5,7-8,14,18H,6H2,1H3. The van der Waals surface area contributed by atoms with Gasteiger partial charge in [0.1, 0.15) is 11.6 Å². The largest absolute Gasteiger partial charge is 0.313 e. The fourth-order valence-corrected chi connectivity index (χ4v) is 2.33. The molecule has 0 radical (unpaired) electrons. The fourth-order valence-electron chi connectivity index (χ4n) is 1.93. The Kier molecular flexibility index (Phi) is 4.61. The first kappa shape index (κ1) is 14.1. The molecule has 1 unspecified atom stereocenters. The Bertz CT molecular complexity index is 575. The highest BCUT2D eigenvalue weighted by molar-refractivity contribution is 9.10. The highest BCUT2D eigenvalue weighted by Crippen LogP contribution is 2.22. The van der Waals surface area contributed by atoms with Crippen LogP contribution in [0.4, 0.5) is 8.78 Å². The van der Waals surface area contributed by atoms with Crippen molar-refractivity contribution in [1.29, 1.82) is 0 Å². The summed E-state index contributed by atoms with van der Waals surface area (Å²) in [7, 11) is 1.76. The maximum atomic E-state index is 13.7. The molecule has 1 aromatic carbocycles. The Morgan fingerprint density at radius 1 is 1.26 bits per heavy atom. The van der Waals surface area contributed by atoms with Crippen LogP contribution in [0, 0.1) is 11.6 Å². The number of benzene rings is 1. The molecule has 0 aliphatic rings. The Morgan fingerprint density at radius 3 is 2.74 bits per heavy atom. The minimum Gasteiger partial charge on any atom is -0.313 e. The number of pyridine rings is 1. The van der Waals surface area contributed by atoms with Crippen molar-refractivity contribution in [3.05, 3.63) is 63.9 Å². The van der Waals surface area contributed by atoms with Crippen molar-refractivity contribution >= 4 is 15.9 Å². The Morgan fingerprint density at radius 2 is 2.05 bits per heavy atom.